The molecule has 168 valence electrons. The van der Waals surface area contributed by atoms with E-state index in [1.54, 1.807) is 42.5 Å². The van der Waals surface area contributed by atoms with Gasteiger partial charge in [0.15, 0.2) is 0 Å². The van der Waals surface area contributed by atoms with Gasteiger partial charge in [-0.1, -0.05) is 36.4 Å². The number of nitrogens with two attached hydrogens (primary N) is 1. The number of rotatable bonds is 6. The van der Waals surface area contributed by atoms with E-state index in [0.29, 0.717) is 17.7 Å². The second kappa shape index (κ2) is 9.04. The molecule has 0 unspecified atom stereocenters. The molecule has 0 atom stereocenters. The monoisotopic (exact) mass is 452 g/mol. The van der Waals surface area contributed by atoms with Crippen molar-refractivity contribution in [2.45, 2.75) is 25.4 Å². The predicted molar refractivity (Wildman–Crippen MR) is 107 cm³/mol. The van der Waals surface area contributed by atoms with Crippen molar-refractivity contribution in [2.24, 2.45) is 5.73 Å². The summed E-state index contributed by atoms with van der Waals surface area (Å²) in [6, 6.07) is 15.4. The van der Waals surface area contributed by atoms with Gasteiger partial charge in [-0.25, -0.2) is 0 Å². The Bertz CT molecular complexity index is 1070. The second-order valence-corrected chi connectivity index (χ2v) is 7.16. The summed E-state index contributed by atoms with van der Waals surface area (Å²) in [4.78, 5) is 11.3. The van der Waals surface area contributed by atoms with Crippen LogP contribution in [0.1, 0.15) is 32.6 Å². The maximum absolute atomic E-state index is 13.0. The van der Waals surface area contributed by atoms with Gasteiger partial charge >= 0.3 is 12.4 Å². The number of hydrogen-bond donors (Lipinski definition) is 2. The van der Waals surface area contributed by atoms with E-state index in [2.05, 4.69) is 5.32 Å². The first-order chi connectivity index (χ1) is 14.9. The lowest BCUT2D eigenvalue weighted by atomic mass is 10.0. The van der Waals surface area contributed by atoms with Gasteiger partial charge < -0.3 is 11.1 Å². The van der Waals surface area contributed by atoms with Gasteiger partial charge in [-0.3, -0.25) is 4.79 Å². The summed E-state index contributed by atoms with van der Waals surface area (Å²) in [5, 5.41) is 2.86. The maximum Gasteiger partial charge on any atom is 0.416 e. The highest BCUT2D eigenvalue weighted by Gasteiger charge is 2.36. The van der Waals surface area contributed by atoms with Gasteiger partial charge in [0, 0.05) is 18.7 Å². The Morgan fingerprint density at radius 2 is 1.28 bits per heavy atom. The van der Waals surface area contributed by atoms with E-state index < -0.39 is 29.4 Å². The lowest BCUT2D eigenvalue weighted by Gasteiger charge is -2.14. The maximum atomic E-state index is 13.0. The molecule has 0 saturated carbocycles. The van der Waals surface area contributed by atoms with E-state index >= 15 is 0 Å². The number of benzene rings is 3. The lowest BCUT2D eigenvalue weighted by molar-refractivity contribution is -0.143. The van der Waals surface area contributed by atoms with Gasteiger partial charge in [-0.05, 0) is 52.6 Å². The van der Waals surface area contributed by atoms with Crippen LogP contribution < -0.4 is 11.1 Å². The van der Waals surface area contributed by atoms with Crippen molar-refractivity contribution in [3.05, 3.63) is 94.5 Å². The zero-order chi connectivity index (χ0) is 23.5. The van der Waals surface area contributed by atoms with Crippen LogP contribution in [0.5, 0.6) is 0 Å². The molecular formula is C23H18F6N2O. The lowest BCUT2D eigenvalue weighted by Crippen LogP contribution is -2.16. The first kappa shape index (κ1) is 23.3. The van der Waals surface area contributed by atoms with Crippen LogP contribution in [0, 0.1) is 0 Å². The molecule has 0 aliphatic heterocycles. The number of nitrogens with one attached hydrogen (secondary N) is 1. The summed E-state index contributed by atoms with van der Waals surface area (Å²) in [5.74, 6) is -0.545. The number of carbonyl (C=O) groups is 1. The molecule has 32 heavy (non-hydrogen) atoms. The molecule has 3 nitrogen and oxygen atoms in total. The van der Waals surface area contributed by atoms with E-state index in [1.165, 1.54) is 0 Å². The Morgan fingerprint density at radius 1 is 0.719 bits per heavy atom. The quantitative estimate of drug-likeness (QED) is 0.466. The van der Waals surface area contributed by atoms with Crippen LogP contribution in [0.2, 0.25) is 0 Å². The molecule has 3 aromatic carbocycles. The predicted octanol–water partition coefficient (Wildman–Crippen LogP) is 5.78. The smallest absolute Gasteiger partial charge is 0.366 e. The molecule has 3 rings (SSSR count). The van der Waals surface area contributed by atoms with Crippen LogP contribution in [0.25, 0.3) is 11.1 Å². The van der Waals surface area contributed by atoms with Crippen molar-refractivity contribution in [2.75, 3.05) is 0 Å². The standard InChI is InChI=1S/C23H18F6N2O/c24-22(25,26)19-8-15(9-20(11-19)23(27,28)29)13-31-12-14-4-6-16(7-5-14)17-2-1-3-18(10-17)21(30)32/h1-11,31H,12-13H2,(H2,30,32). The molecule has 0 saturated heterocycles. The molecule has 3 aromatic rings. The minimum Gasteiger partial charge on any atom is -0.366 e. The van der Waals surface area contributed by atoms with Crippen molar-refractivity contribution < 1.29 is 31.1 Å². The van der Waals surface area contributed by atoms with Crippen molar-refractivity contribution in [1.82, 2.24) is 5.32 Å². The number of hydrogen-bond acceptors (Lipinski definition) is 2. The van der Waals surface area contributed by atoms with E-state index in [1.807, 2.05) is 6.07 Å². The van der Waals surface area contributed by atoms with Crippen LogP contribution in [-0.4, -0.2) is 5.91 Å². The van der Waals surface area contributed by atoms with E-state index in [4.69, 9.17) is 5.73 Å². The Balaban J connectivity index is 1.69. The second-order valence-electron chi connectivity index (χ2n) is 7.16. The first-order valence-corrected chi connectivity index (χ1v) is 9.42. The van der Waals surface area contributed by atoms with Crippen molar-refractivity contribution in [3.63, 3.8) is 0 Å². The average molecular weight is 452 g/mol. The Morgan fingerprint density at radius 3 is 1.81 bits per heavy atom. The average Bonchev–Trinajstić information content (AvgIpc) is 2.73. The number of amides is 1. The summed E-state index contributed by atoms with van der Waals surface area (Å²) in [6.45, 7) is 0.0641. The molecule has 9 heteroatoms. The highest BCUT2D eigenvalue weighted by atomic mass is 19.4. The third-order valence-electron chi connectivity index (χ3n) is 4.74. The normalized spacial score (nSPS) is 12.1. The van der Waals surface area contributed by atoms with E-state index in [9.17, 15) is 31.1 Å². The molecule has 0 heterocycles. The van der Waals surface area contributed by atoms with E-state index in [-0.39, 0.29) is 24.7 Å². The fraction of sp³-hybridized carbons (Fsp3) is 0.174. The largest absolute Gasteiger partial charge is 0.416 e. The van der Waals surface area contributed by atoms with Crippen LogP contribution in [0.3, 0.4) is 0 Å². The SMILES string of the molecule is NC(=O)c1cccc(-c2ccc(CNCc3cc(C(F)(F)F)cc(C(F)(F)F)c3)cc2)c1. The molecule has 3 N–H and O–H groups in total. The summed E-state index contributed by atoms with van der Waals surface area (Å²) in [7, 11) is 0. The third-order valence-corrected chi connectivity index (χ3v) is 4.74. The minimum absolute atomic E-state index is 0.107. The number of alkyl halides is 6. The third kappa shape index (κ3) is 5.88. The number of halogens is 6. The summed E-state index contributed by atoms with van der Waals surface area (Å²) in [6.07, 6.45) is -9.75. The number of primary amides is 1. The highest BCUT2D eigenvalue weighted by molar-refractivity contribution is 5.94. The van der Waals surface area contributed by atoms with Gasteiger partial charge in [0.1, 0.15) is 0 Å². The highest BCUT2D eigenvalue weighted by Crippen LogP contribution is 2.36. The molecule has 0 aliphatic rings. The van der Waals surface area contributed by atoms with Gasteiger partial charge in [0.2, 0.25) is 5.91 Å². The zero-order valence-electron chi connectivity index (χ0n) is 16.5. The first-order valence-electron chi connectivity index (χ1n) is 9.42. The zero-order valence-corrected chi connectivity index (χ0v) is 16.5. The van der Waals surface area contributed by atoms with Crippen LogP contribution in [0.4, 0.5) is 26.3 Å². The Labute approximate surface area is 179 Å². The molecule has 1 amide bonds. The van der Waals surface area contributed by atoms with Gasteiger partial charge in [-0.2, -0.15) is 26.3 Å². The van der Waals surface area contributed by atoms with Crippen molar-refractivity contribution >= 4 is 5.91 Å². The van der Waals surface area contributed by atoms with Crippen LogP contribution in [0.15, 0.2) is 66.7 Å². The minimum atomic E-state index is -4.88. The van der Waals surface area contributed by atoms with Crippen molar-refractivity contribution in [3.8, 4) is 11.1 Å². The van der Waals surface area contributed by atoms with Crippen LogP contribution in [-0.2, 0) is 25.4 Å². The Kier molecular flexibility index (Phi) is 6.59. The molecule has 0 aromatic heterocycles. The topological polar surface area (TPSA) is 55.1 Å². The number of carbonyl (C=O) groups excluding carboxylic acids is 1. The Hall–Kier alpha value is -3.33. The fourth-order valence-electron chi connectivity index (χ4n) is 3.14. The summed E-state index contributed by atoms with van der Waals surface area (Å²) in [5.41, 5.74) is 5.24. The van der Waals surface area contributed by atoms with Gasteiger partial charge in [0.05, 0.1) is 11.1 Å². The van der Waals surface area contributed by atoms with Gasteiger partial charge in [0.25, 0.3) is 0 Å². The summed E-state index contributed by atoms with van der Waals surface area (Å²) < 4.78 is 77.7. The molecule has 0 bridgehead atoms. The molecular weight excluding hydrogens is 434 g/mol. The van der Waals surface area contributed by atoms with Crippen molar-refractivity contribution in [1.29, 1.82) is 0 Å². The molecule has 0 spiro atoms. The molecule has 0 fully saturated rings. The van der Waals surface area contributed by atoms with Gasteiger partial charge in [-0.15, -0.1) is 0 Å². The molecule has 0 radical (unpaired) electrons. The van der Waals surface area contributed by atoms with Crippen LogP contribution >= 0.6 is 0 Å². The fourth-order valence-corrected chi connectivity index (χ4v) is 3.14. The van der Waals surface area contributed by atoms with E-state index in [0.717, 1.165) is 16.7 Å². The molecule has 0 aliphatic carbocycles. The summed E-state index contributed by atoms with van der Waals surface area (Å²) >= 11 is 0.